The molecule has 0 radical (unpaired) electrons. The first kappa shape index (κ1) is 12.6. The molecule has 0 saturated heterocycles. The number of hydrogen-bond donors (Lipinski definition) is 0. The fourth-order valence-corrected chi connectivity index (χ4v) is 2.18. The molecule has 0 bridgehead atoms. The highest BCUT2D eigenvalue weighted by Gasteiger charge is 2.23. The normalized spacial score (nSPS) is 16.1. The highest BCUT2D eigenvalue weighted by Crippen LogP contribution is 2.31. The third-order valence-electron chi connectivity index (χ3n) is 3.26. The standard InChI is InChI=1S/C14H18N4/c1-14(2,3)11-4-8-18(9-5-11)13-12(10-15)16-6-7-17-13/h4,6-7H,5,8-9H2,1-3H3. The van der Waals surface area contributed by atoms with Crippen molar-refractivity contribution in [2.45, 2.75) is 27.2 Å². The summed E-state index contributed by atoms with van der Waals surface area (Å²) in [6.07, 6.45) is 6.46. The van der Waals surface area contributed by atoms with Gasteiger partial charge in [0, 0.05) is 25.5 Å². The highest BCUT2D eigenvalue weighted by molar-refractivity contribution is 5.51. The molecule has 0 amide bonds. The zero-order valence-electron chi connectivity index (χ0n) is 11.1. The van der Waals surface area contributed by atoms with Crippen LogP contribution in [-0.4, -0.2) is 23.1 Å². The number of nitriles is 1. The van der Waals surface area contributed by atoms with Crippen molar-refractivity contribution in [3.05, 3.63) is 29.7 Å². The van der Waals surface area contributed by atoms with Crippen molar-refractivity contribution in [1.82, 2.24) is 9.97 Å². The fourth-order valence-electron chi connectivity index (χ4n) is 2.18. The number of nitrogens with zero attached hydrogens (tertiary/aromatic N) is 4. The molecule has 0 spiro atoms. The van der Waals surface area contributed by atoms with Gasteiger partial charge < -0.3 is 4.90 Å². The van der Waals surface area contributed by atoms with Crippen LogP contribution in [0.1, 0.15) is 32.9 Å². The molecule has 1 aliphatic heterocycles. The molecule has 2 heterocycles. The third-order valence-corrected chi connectivity index (χ3v) is 3.26. The van der Waals surface area contributed by atoms with Gasteiger partial charge in [-0.05, 0) is 11.8 Å². The molecule has 0 N–H and O–H groups in total. The minimum absolute atomic E-state index is 0.229. The Balaban J connectivity index is 2.20. The van der Waals surface area contributed by atoms with E-state index in [0.717, 1.165) is 19.5 Å². The van der Waals surface area contributed by atoms with Gasteiger partial charge in [0.2, 0.25) is 0 Å². The van der Waals surface area contributed by atoms with Crippen LogP contribution in [0, 0.1) is 16.7 Å². The average molecular weight is 242 g/mol. The van der Waals surface area contributed by atoms with Crippen LogP contribution < -0.4 is 4.90 Å². The van der Waals surface area contributed by atoms with Gasteiger partial charge in [-0.25, -0.2) is 9.97 Å². The summed E-state index contributed by atoms with van der Waals surface area (Å²) in [6.45, 7) is 8.41. The molecule has 0 atom stereocenters. The monoisotopic (exact) mass is 242 g/mol. The van der Waals surface area contributed by atoms with Gasteiger partial charge in [0.25, 0.3) is 0 Å². The molecule has 2 rings (SSSR count). The van der Waals surface area contributed by atoms with E-state index < -0.39 is 0 Å². The molecule has 0 aromatic carbocycles. The molecule has 4 heteroatoms. The van der Waals surface area contributed by atoms with Crippen LogP contribution >= 0.6 is 0 Å². The van der Waals surface area contributed by atoms with Crippen molar-refractivity contribution in [2.75, 3.05) is 18.0 Å². The molecule has 4 nitrogen and oxygen atoms in total. The molecule has 0 fully saturated rings. The maximum atomic E-state index is 9.04. The number of anilines is 1. The van der Waals surface area contributed by atoms with E-state index in [2.05, 4.69) is 47.8 Å². The lowest BCUT2D eigenvalue weighted by Gasteiger charge is -2.32. The van der Waals surface area contributed by atoms with E-state index in [1.165, 1.54) is 5.57 Å². The summed E-state index contributed by atoms with van der Waals surface area (Å²) in [4.78, 5) is 10.4. The average Bonchev–Trinajstić information content (AvgIpc) is 2.38. The smallest absolute Gasteiger partial charge is 0.183 e. The molecule has 1 aromatic rings. The summed E-state index contributed by atoms with van der Waals surface area (Å²) < 4.78 is 0. The maximum Gasteiger partial charge on any atom is 0.183 e. The Hall–Kier alpha value is -1.89. The second-order valence-electron chi connectivity index (χ2n) is 5.52. The Kier molecular flexibility index (Phi) is 3.33. The first-order chi connectivity index (χ1) is 8.52. The molecule has 1 aliphatic rings. The van der Waals surface area contributed by atoms with Gasteiger partial charge in [0.1, 0.15) is 6.07 Å². The fraction of sp³-hybridized carbons (Fsp3) is 0.500. The molecule has 18 heavy (non-hydrogen) atoms. The van der Waals surface area contributed by atoms with Gasteiger partial charge in [0.05, 0.1) is 0 Å². The number of hydrogen-bond acceptors (Lipinski definition) is 4. The number of rotatable bonds is 1. The van der Waals surface area contributed by atoms with Crippen molar-refractivity contribution < 1.29 is 0 Å². The van der Waals surface area contributed by atoms with E-state index in [1.54, 1.807) is 12.4 Å². The summed E-state index contributed by atoms with van der Waals surface area (Å²) in [6, 6.07) is 2.10. The van der Waals surface area contributed by atoms with Crippen molar-refractivity contribution in [3.63, 3.8) is 0 Å². The molecule has 0 unspecified atom stereocenters. The van der Waals surface area contributed by atoms with E-state index in [0.29, 0.717) is 11.5 Å². The second kappa shape index (κ2) is 4.77. The van der Waals surface area contributed by atoms with Crippen molar-refractivity contribution in [2.24, 2.45) is 5.41 Å². The summed E-state index contributed by atoms with van der Waals surface area (Å²) >= 11 is 0. The van der Waals surface area contributed by atoms with Crippen LogP contribution in [0.2, 0.25) is 0 Å². The summed E-state index contributed by atoms with van der Waals surface area (Å²) in [5, 5.41) is 9.04. The summed E-state index contributed by atoms with van der Waals surface area (Å²) in [7, 11) is 0. The van der Waals surface area contributed by atoms with Crippen LogP contribution in [0.25, 0.3) is 0 Å². The number of aromatic nitrogens is 2. The second-order valence-corrected chi connectivity index (χ2v) is 5.52. The first-order valence-corrected chi connectivity index (χ1v) is 6.18. The van der Waals surface area contributed by atoms with Gasteiger partial charge in [-0.15, -0.1) is 0 Å². The highest BCUT2D eigenvalue weighted by atomic mass is 15.2. The molecule has 1 aromatic heterocycles. The Labute approximate surface area is 108 Å². The Bertz CT molecular complexity index is 505. The predicted octanol–water partition coefficient (Wildman–Crippen LogP) is 2.53. The third kappa shape index (κ3) is 2.51. The van der Waals surface area contributed by atoms with Gasteiger partial charge in [-0.3, -0.25) is 0 Å². The van der Waals surface area contributed by atoms with E-state index >= 15 is 0 Å². The van der Waals surface area contributed by atoms with Crippen molar-refractivity contribution in [1.29, 1.82) is 5.26 Å². The van der Waals surface area contributed by atoms with Crippen LogP contribution in [0.5, 0.6) is 0 Å². The van der Waals surface area contributed by atoms with Gasteiger partial charge in [0.15, 0.2) is 11.5 Å². The predicted molar refractivity (Wildman–Crippen MR) is 71.1 cm³/mol. The lowest BCUT2D eigenvalue weighted by Crippen LogP contribution is -2.32. The van der Waals surface area contributed by atoms with E-state index in [4.69, 9.17) is 5.26 Å². The molecular formula is C14H18N4. The van der Waals surface area contributed by atoms with Crippen LogP contribution in [0.15, 0.2) is 24.0 Å². The quantitative estimate of drug-likeness (QED) is 0.710. The minimum Gasteiger partial charge on any atom is -0.350 e. The molecule has 0 saturated carbocycles. The SMILES string of the molecule is CC(C)(C)C1=CCN(c2nccnc2C#N)CC1. The van der Waals surface area contributed by atoms with Crippen molar-refractivity contribution in [3.8, 4) is 6.07 Å². The van der Waals surface area contributed by atoms with Gasteiger partial charge in [-0.1, -0.05) is 32.4 Å². The summed E-state index contributed by atoms with van der Waals surface area (Å²) in [5.74, 6) is 0.698. The first-order valence-electron chi connectivity index (χ1n) is 6.18. The zero-order chi connectivity index (χ0) is 13.2. The Morgan fingerprint density at radius 3 is 2.56 bits per heavy atom. The molecule has 0 aliphatic carbocycles. The summed E-state index contributed by atoms with van der Waals surface area (Å²) in [5.41, 5.74) is 2.11. The lowest BCUT2D eigenvalue weighted by molar-refractivity contribution is 0.472. The Morgan fingerprint density at radius 2 is 2.00 bits per heavy atom. The Morgan fingerprint density at radius 1 is 1.28 bits per heavy atom. The van der Waals surface area contributed by atoms with E-state index in [1.807, 2.05) is 0 Å². The van der Waals surface area contributed by atoms with Crippen molar-refractivity contribution >= 4 is 5.82 Å². The van der Waals surface area contributed by atoms with Gasteiger partial charge in [-0.2, -0.15) is 5.26 Å². The van der Waals surface area contributed by atoms with Gasteiger partial charge >= 0.3 is 0 Å². The van der Waals surface area contributed by atoms with Crippen LogP contribution in [-0.2, 0) is 0 Å². The van der Waals surface area contributed by atoms with E-state index in [9.17, 15) is 0 Å². The molecule has 94 valence electrons. The van der Waals surface area contributed by atoms with E-state index in [-0.39, 0.29) is 5.41 Å². The largest absolute Gasteiger partial charge is 0.350 e. The van der Waals surface area contributed by atoms with Crippen LogP contribution in [0.3, 0.4) is 0 Å². The maximum absolute atomic E-state index is 9.04. The zero-order valence-corrected chi connectivity index (χ0v) is 11.1. The lowest BCUT2D eigenvalue weighted by atomic mass is 9.83. The minimum atomic E-state index is 0.229. The van der Waals surface area contributed by atoms with Crippen LogP contribution in [0.4, 0.5) is 5.82 Å². The topological polar surface area (TPSA) is 52.8 Å². The molecular weight excluding hydrogens is 224 g/mol.